The maximum atomic E-state index is 4.90. The van der Waals surface area contributed by atoms with E-state index in [9.17, 15) is 0 Å². The minimum atomic E-state index is -0.639. The molecule has 0 heterocycles. The van der Waals surface area contributed by atoms with Gasteiger partial charge in [0.25, 0.3) is 0 Å². The molecular formula is C10H21Cl2Mg. The van der Waals surface area contributed by atoms with Gasteiger partial charge in [0.05, 0.1) is 0 Å². The molecule has 0 nitrogen and oxygen atoms in total. The normalized spacial score (nSPS) is 11.6. The Balaban J connectivity index is 0. The summed E-state index contributed by atoms with van der Waals surface area (Å²) in [6.45, 7) is 10.7. The van der Waals surface area contributed by atoms with Gasteiger partial charge in [-0.15, -0.1) is 0 Å². The van der Waals surface area contributed by atoms with Crippen LogP contribution >= 0.6 is 18.1 Å². The van der Waals surface area contributed by atoms with Crippen molar-refractivity contribution >= 4 is 36.3 Å². The lowest BCUT2D eigenvalue weighted by atomic mass is 9.98. The van der Waals surface area contributed by atoms with Crippen LogP contribution < -0.4 is 0 Å². The average molecular weight is 236 g/mol. The Morgan fingerprint density at radius 3 is 2.00 bits per heavy atom. The van der Waals surface area contributed by atoms with Crippen molar-refractivity contribution in [3.8, 4) is 0 Å². The van der Waals surface area contributed by atoms with Crippen LogP contribution in [0.5, 0.6) is 0 Å². The van der Waals surface area contributed by atoms with Gasteiger partial charge in [-0.3, -0.25) is 0 Å². The van der Waals surface area contributed by atoms with Crippen molar-refractivity contribution in [2.24, 2.45) is 11.8 Å². The first kappa shape index (κ1) is 16.8. The van der Waals surface area contributed by atoms with Crippen LogP contribution in [-0.4, -0.2) is 18.2 Å². The molecule has 0 amide bonds. The number of rotatable bonds is 5. The van der Waals surface area contributed by atoms with Crippen molar-refractivity contribution in [2.75, 3.05) is 0 Å². The molecule has 0 aliphatic carbocycles. The summed E-state index contributed by atoms with van der Waals surface area (Å²) in [6, 6.07) is 0. The van der Waals surface area contributed by atoms with Gasteiger partial charge in [0, 0.05) is 0 Å². The van der Waals surface area contributed by atoms with Crippen LogP contribution in [0.1, 0.15) is 46.5 Å². The highest BCUT2D eigenvalue weighted by atomic mass is 35.6. The van der Waals surface area contributed by atoms with E-state index in [-0.39, 0.29) is 0 Å². The minimum Gasteiger partial charge on any atom is -0.309 e. The van der Waals surface area contributed by atoms with Gasteiger partial charge in [0.15, 0.2) is 0 Å². The Labute approximate surface area is 101 Å². The molecule has 1 radical (unpaired) electrons. The first-order chi connectivity index (χ1) is 6.08. The molecule has 2 atom stereocenters. The quantitative estimate of drug-likeness (QED) is 0.609. The summed E-state index contributed by atoms with van der Waals surface area (Å²) in [4.78, 5) is 0. The molecular weight excluding hydrogens is 215 g/mol. The molecule has 0 aromatic carbocycles. The van der Waals surface area contributed by atoms with Gasteiger partial charge in [0.1, 0.15) is 0 Å². The van der Waals surface area contributed by atoms with Crippen LogP contribution in [-0.2, 0) is 0 Å². The molecule has 0 saturated heterocycles. The molecule has 0 aromatic rings. The number of hydrogen-bond acceptors (Lipinski definition) is 0. The van der Waals surface area contributed by atoms with Gasteiger partial charge in [-0.2, -0.15) is 0 Å². The van der Waals surface area contributed by atoms with Crippen molar-refractivity contribution in [3.63, 3.8) is 0 Å². The molecule has 77 valence electrons. The lowest BCUT2D eigenvalue weighted by Gasteiger charge is -2.08. The van der Waals surface area contributed by atoms with E-state index in [2.05, 4.69) is 27.7 Å². The highest BCUT2D eigenvalue weighted by Gasteiger charge is 1.99. The van der Waals surface area contributed by atoms with E-state index in [1.165, 1.54) is 25.7 Å². The van der Waals surface area contributed by atoms with E-state index in [1.807, 2.05) is 0 Å². The fraction of sp³-hybridized carbons (Fsp3) is 0.900. The van der Waals surface area contributed by atoms with Crippen molar-refractivity contribution in [1.29, 1.82) is 0 Å². The van der Waals surface area contributed by atoms with Gasteiger partial charge in [-0.25, -0.2) is 0 Å². The maximum absolute atomic E-state index is 4.90. The van der Waals surface area contributed by atoms with Gasteiger partial charge in [-0.1, -0.05) is 53.4 Å². The number of halogens is 2. The zero-order chi connectivity index (χ0) is 10.7. The highest BCUT2D eigenvalue weighted by molar-refractivity contribution is 7.22. The monoisotopic (exact) mass is 235 g/mol. The summed E-state index contributed by atoms with van der Waals surface area (Å²) in [5, 5.41) is 0. The minimum absolute atomic E-state index is 0.639. The summed E-state index contributed by atoms with van der Waals surface area (Å²) in [7, 11) is 9.81. The lowest BCUT2D eigenvalue weighted by Crippen LogP contribution is -1.94. The Morgan fingerprint density at radius 1 is 1.23 bits per heavy atom. The molecule has 2 unspecified atom stereocenters. The van der Waals surface area contributed by atoms with Crippen molar-refractivity contribution < 1.29 is 0 Å². The highest BCUT2D eigenvalue weighted by Crippen LogP contribution is 2.13. The summed E-state index contributed by atoms with van der Waals surface area (Å²) in [5.74, 6) is 1.56. The SMILES string of the molecule is [CH2]C(C)CCCC(C)CC.[Cl][Mg][Cl]. The lowest BCUT2D eigenvalue weighted by molar-refractivity contribution is 0.461. The first-order valence-electron chi connectivity index (χ1n) is 5.03. The second-order valence-corrected chi connectivity index (χ2v) is 6.28. The smallest absolute Gasteiger partial charge is 0.309 e. The molecule has 0 aliphatic rings. The third-order valence-electron chi connectivity index (χ3n) is 2.09. The molecule has 0 bridgehead atoms. The van der Waals surface area contributed by atoms with Crippen molar-refractivity contribution in [3.05, 3.63) is 6.92 Å². The fourth-order valence-corrected chi connectivity index (χ4v) is 1.02. The predicted octanol–water partition coefficient (Wildman–Crippen LogP) is 4.67. The van der Waals surface area contributed by atoms with Crippen LogP contribution in [0.2, 0.25) is 0 Å². The third-order valence-corrected chi connectivity index (χ3v) is 2.09. The predicted molar refractivity (Wildman–Crippen MR) is 65.3 cm³/mol. The van der Waals surface area contributed by atoms with Gasteiger partial charge in [-0.05, 0) is 11.8 Å². The maximum Gasteiger partial charge on any atom is 0.618 e. The van der Waals surface area contributed by atoms with Gasteiger partial charge in [0.2, 0.25) is 0 Å². The fourth-order valence-electron chi connectivity index (χ4n) is 1.02. The van der Waals surface area contributed by atoms with E-state index < -0.39 is 18.2 Å². The molecule has 3 heteroatoms. The molecule has 13 heavy (non-hydrogen) atoms. The summed E-state index contributed by atoms with van der Waals surface area (Å²) in [6.07, 6.45) is 5.37. The van der Waals surface area contributed by atoms with Crippen LogP contribution in [0.4, 0.5) is 0 Å². The Hall–Kier alpha value is 1.35. The van der Waals surface area contributed by atoms with Gasteiger partial charge >= 0.3 is 18.2 Å². The third kappa shape index (κ3) is 19.7. The first-order valence-corrected chi connectivity index (χ1v) is 9.31. The van der Waals surface area contributed by atoms with Crippen molar-refractivity contribution in [2.45, 2.75) is 46.5 Å². The number of hydrogen-bond donors (Lipinski definition) is 0. The second-order valence-electron chi connectivity index (χ2n) is 3.65. The largest absolute Gasteiger partial charge is 0.618 e. The standard InChI is InChI=1S/C10H21.2ClH.Mg/c1-5-10(4)8-6-7-9(2)3;;;/h9-10H,2,5-8H2,1,3-4H3;2*1H;/q;;;+2/p-2. The summed E-state index contributed by atoms with van der Waals surface area (Å²) in [5.41, 5.74) is 0. The Bertz CT molecular complexity index is 87.0. The molecule has 0 aliphatic heterocycles. The van der Waals surface area contributed by atoms with Crippen LogP contribution in [0.3, 0.4) is 0 Å². The second kappa shape index (κ2) is 13.3. The Kier molecular flexibility index (Phi) is 17.2. The average Bonchev–Trinajstić information content (AvgIpc) is 2.05. The van der Waals surface area contributed by atoms with E-state index in [0.29, 0.717) is 5.92 Å². The van der Waals surface area contributed by atoms with Crippen molar-refractivity contribution in [1.82, 2.24) is 0 Å². The molecule has 0 saturated carbocycles. The van der Waals surface area contributed by atoms with E-state index in [4.69, 9.17) is 18.1 Å². The Morgan fingerprint density at radius 2 is 1.69 bits per heavy atom. The molecule has 0 fully saturated rings. The van der Waals surface area contributed by atoms with E-state index in [0.717, 1.165) is 5.92 Å². The van der Waals surface area contributed by atoms with E-state index >= 15 is 0 Å². The topological polar surface area (TPSA) is 0 Å². The summed E-state index contributed by atoms with van der Waals surface area (Å²) >= 11 is -0.639. The van der Waals surface area contributed by atoms with E-state index in [1.54, 1.807) is 0 Å². The molecule has 0 aromatic heterocycles. The van der Waals surface area contributed by atoms with Crippen LogP contribution in [0.25, 0.3) is 0 Å². The molecule has 0 spiro atoms. The van der Waals surface area contributed by atoms with Gasteiger partial charge < -0.3 is 18.1 Å². The molecule has 0 rings (SSSR count). The zero-order valence-corrected chi connectivity index (χ0v) is 12.1. The van der Waals surface area contributed by atoms with Crippen LogP contribution in [0.15, 0.2) is 0 Å². The summed E-state index contributed by atoms with van der Waals surface area (Å²) < 4.78 is 0. The van der Waals surface area contributed by atoms with Crippen LogP contribution in [0, 0.1) is 18.8 Å². The zero-order valence-electron chi connectivity index (χ0n) is 9.15. The molecule has 0 N–H and O–H groups in total.